The zero-order valence-corrected chi connectivity index (χ0v) is 11.7. The van der Waals surface area contributed by atoms with Gasteiger partial charge in [0.15, 0.2) is 0 Å². The Labute approximate surface area is 103 Å². The fraction of sp³-hybridized carbons (Fsp3) is 1.00. The van der Waals surface area contributed by atoms with Crippen LogP contribution in [0.3, 0.4) is 0 Å². The molecule has 2 rings (SSSR count). The molecule has 3 atom stereocenters. The van der Waals surface area contributed by atoms with Crippen LogP contribution in [-0.4, -0.2) is 5.33 Å². The van der Waals surface area contributed by atoms with Crippen molar-refractivity contribution in [2.24, 2.45) is 17.3 Å². The first-order chi connectivity index (χ1) is 7.30. The van der Waals surface area contributed by atoms with Gasteiger partial charge in [0, 0.05) is 5.33 Å². The molecular weight excluding hydrogens is 248 g/mol. The maximum absolute atomic E-state index is 3.80. The number of alkyl halides is 1. The van der Waals surface area contributed by atoms with Crippen molar-refractivity contribution < 1.29 is 0 Å². The van der Waals surface area contributed by atoms with Gasteiger partial charge in [-0.15, -0.1) is 0 Å². The van der Waals surface area contributed by atoms with E-state index in [1.165, 1.54) is 56.7 Å². The molecule has 2 fully saturated rings. The molecule has 0 heterocycles. The lowest BCUT2D eigenvalue weighted by Crippen LogP contribution is -2.29. The number of hydrogen-bond acceptors (Lipinski definition) is 0. The number of fused-ring (bicyclic) bond motifs is 2. The topological polar surface area (TPSA) is 0 Å². The van der Waals surface area contributed by atoms with E-state index >= 15 is 0 Å². The van der Waals surface area contributed by atoms with Crippen LogP contribution in [0.25, 0.3) is 0 Å². The Kier molecular flexibility index (Phi) is 4.15. The second-order valence-corrected chi connectivity index (χ2v) is 6.45. The summed E-state index contributed by atoms with van der Waals surface area (Å²) >= 11 is 3.80. The van der Waals surface area contributed by atoms with Crippen LogP contribution in [0.15, 0.2) is 0 Å². The number of hydrogen-bond donors (Lipinski definition) is 0. The van der Waals surface area contributed by atoms with Crippen LogP contribution in [0.4, 0.5) is 0 Å². The maximum Gasteiger partial charge on any atom is 0.00907 e. The van der Waals surface area contributed by atoms with Crippen molar-refractivity contribution in [3.8, 4) is 0 Å². The SMILES string of the molecule is CCCCCCC1(CBr)CC2CCC1C2. The zero-order valence-electron chi connectivity index (χ0n) is 10.1. The molecule has 2 saturated carbocycles. The van der Waals surface area contributed by atoms with Gasteiger partial charge in [-0.25, -0.2) is 0 Å². The van der Waals surface area contributed by atoms with Gasteiger partial charge in [-0.1, -0.05) is 55.0 Å². The summed E-state index contributed by atoms with van der Waals surface area (Å²) in [7, 11) is 0. The lowest BCUT2D eigenvalue weighted by atomic mass is 9.71. The van der Waals surface area contributed by atoms with Crippen LogP contribution in [0.2, 0.25) is 0 Å². The van der Waals surface area contributed by atoms with Crippen LogP contribution < -0.4 is 0 Å². The Morgan fingerprint density at radius 2 is 2.07 bits per heavy atom. The molecule has 0 amide bonds. The van der Waals surface area contributed by atoms with Gasteiger partial charge in [0.25, 0.3) is 0 Å². The summed E-state index contributed by atoms with van der Waals surface area (Å²) < 4.78 is 0. The Hall–Kier alpha value is 0.480. The predicted molar refractivity (Wildman–Crippen MR) is 70.4 cm³/mol. The van der Waals surface area contributed by atoms with Crippen molar-refractivity contribution in [2.75, 3.05) is 5.33 Å². The molecule has 0 aliphatic heterocycles. The summed E-state index contributed by atoms with van der Waals surface area (Å²) in [5.41, 5.74) is 0.719. The van der Waals surface area contributed by atoms with Crippen molar-refractivity contribution >= 4 is 15.9 Å². The average Bonchev–Trinajstić information content (AvgIpc) is 2.85. The molecule has 15 heavy (non-hydrogen) atoms. The molecule has 2 bridgehead atoms. The lowest BCUT2D eigenvalue weighted by Gasteiger charge is -2.36. The highest BCUT2D eigenvalue weighted by Gasteiger charge is 2.49. The quantitative estimate of drug-likeness (QED) is 0.463. The van der Waals surface area contributed by atoms with Crippen LogP contribution >= 0.6 is 15.9 Å². The van der Waals surface area contributed by atoms with Crippen molar-refractivity contribution in [1.82, 2.24) is 0 Å². The van der Waals surface area contributed by atoms with Gasteiger partial charge < -0.3 is 0 Å². The van der Waals surface area contributed by atoms with Gasteiger partial charge in [-0.2, -0.15) is 0 Å². The molecule has 0 saturated heterocycles. The van der Waals surface area contributed by atoms with Gasteiger partial charge in [-0.05, 0) is 42.9 Å². The van der Waals surface area contributed by atoms with Gasteiger partial charge in [0.2, 0.25) is 0 Å². The predicted octanol–water partition coefficient (Wildman–Crippen LogP) is 5.16. The molecule has 2 aliphatic rings. The van der Waals surface area contributed by atoms with Crippen molar-refractivity contribution in [1.29, 1.82) is 0 Å². The fourth-order valence-corrected chi connectivity index (χ4v) is 4.97. The van der Waals surface area contributed by atoms with Gasteiger partial charge in [0.1, 0.15) is 0 Å². The molecule has 3 unspecified atom stereocenters. The highest BCUT2D eigenvalue weighted by molar-refractivity contribution is 9.09. The first-order valence-electron chi connectivity index (χ1n) is 6.86. The molecule has 0 N–H and O–H groups in total. The molecule has 1 heteroatoms. The van der Waals surface area contributed by atoms with E-state index in [1.807, 2.05) is 0 Å². The second kappa shape index (κ2) is 5.21. The summed E-state index contributed by atoms with van der Waals surface area (Å²) in [4.78, 5) is 0. The minimum absolute atomic E-state index is 0.719. The lowest BCUT2D eigenvalue weighted by molar-refractivity contribution is 0.176. The molecule has 0 nitrogen and oxygen atoms in total. The smallest absolute Gasteiger partial charge is 0.00907 e. The van der Waals surface area contributed by atoms with E-state index in [2.05, 4.69) is 22.9 Å². The molecule has 0 radical (unpaired) electrons. The summed E-state index contributed by atoms with van der Waals surface area (Å²) in [6.45, 7) is 2.30. The standard InChI is InChI=1S/C14H25Br/c1-2-3-4-5-8-14(11-15)10-12-6-7-13(14)9-12/h12-13H,2-11H2,1H3. The van der Waals surface area contributed by atoms with E-state index in [-0.39, 0.29) is 0 Å². The maximum atomic E-state index is 3.80. The monoisotopic (exact) mass is 272 g/mol. The third-order valence-corrected chi connectivity index (χ3v) is 6.01. The molecule has 2 aliphatic carbocycles. The summed E-state index contributed by atoms with van der Waals surface area (Å²) in [6, 6.07) is 0. The van der Waals surface area contributed by atoms with Crippen LogP contribution in [0, 0.1) is 17.3 Å². The first-order valence-corrected chi connectivity index (χ1v) is 7.99. The Bertz CT molecular complexity index is 202. The van der Waals surface area contributed by atoms with Crippen molar-refractivity contribution in [2.45, 2.75) is 64.7 Å². The van der Waals surface area contributed by atoms with Crippen molar-refractivity contribution in [3.63, 3.8) is 0 Å². The number of rotatable bonds is 6. The van der Waals surface area contributed by atoms with Crippen molar-refractivity contribution in [3.05, 3.63) is 0 Å². The van der Waals surface area contributed by atoms with Gasteiger partial charge in [-0.3, -0.25) is 0 Å². The summed E-state index contributed by atoms with van der Waals surface area (Å²) in [6.07, 6.45) is 13.4. The summed E-state index contributed by atoms with van der Waals surface area (Å²) in [5, 5.41) is 1.27. The van der Waals surface area contributed by atoms with E-state index in [4.69, 9.17) is 0 Å². The van der Waals surface area contributed by atoms with E-state index < -0.39 is 0 Å². The van der Waals surface area contributed by atoms with Gasteiger partial charge in [0.05, 0.1) is 0 Å². The van der Waals surface area contributed by atoms with E-state index in [0.717, 1.165) is 17.3 Å². The molecule has 0 spiro atoms. The van der Waals surface area contributed by atoms with E-state index in [0.29, 0.717) is 0 Å². The van der Waals surface area contributed by atoms with Gasteiger partial charge >= 0.3 is 0 Å². The fourth-order valence-electron chi connectivity index (χ4n) is 4.00. The zero-order chi connectivity index (χ0) is 10.7. The normalized spacial score (nSPS) is 38.8. The first kappa shape index (κ1) is 12.0. The molecule has 0 aromatic heterocycles. The average molecular weight is 273 g/mol. The Balaban J connectivity index is 1.81. The summed E-state index contributed by atoms with van der Waals surface area (Å²) in [5.74, 6) is 2.17. The molecular formula is C14H25Br. The molecule has 88 valence electrons. The number of halogens is 1. The Morgan fingerprint density at radius 3 is 2.60 bits per heavy atom. The van der Waals surface area contributed by atoms with E-state index in [9.17, 15) is 0 Å². The Morgan fingerprint density at radius 1 is 1.20 bits per heavy atom. The van der Waals surface area contributed by atoms with Crippen LogP contribution in [-0.2, 0) is 0 Å². The van der Waals surface area contributed by atoms with Crippen LogP contribution in [0.1, 0.15) is 64.7 Å². The minimum Gasteiger partial charge on any atom is -0.0922 e. The number of unbranched alkanes of at least 4 members (excludes halogenated alkanes) is 3. The third kappa shape index (κ3) is 2.43. The van der Waals surface area contributed by atoms with Crippen LogP contribution in [0.5, 0.6) is 0 Å². The highest BCUT2D eigenvalue weighted by atomic mass is 79.9. The third-order valence-electron chi connectivity index (χ3n) is 4.90. The largest absolute Gasteiger partial charge is 0.0922 e. The molecule has 0 aromatic carbocycles. The molecule has 0 aromatic rings. The highest BCUT2D eigenvalue weighted by Crippen LogP contribution is 2.58. The van der Waals surface area contributed by atoms with E-state index in [1.54, 1.807) is 6.42 Å². The minimum atomic E-state index is 0.719. The second-order valence-electron chi connectivity index (χ2n) is 5.89.